The van der Waals surface area contributed by atoms with Crippen molar-refractivity contribution < 1.29 is 18.3 Å². The molecule has 0 unspecified atom stereocenters. The van der Waals surface area contributed by atoms with Gasteiger partial charge in [-0.25, -0.2) is 13.6 Å². The van der Waals surface area contributed by atoms with E-state index < -0.39 is 11.6 Å². The zero-order valence-corrected chi connectivity index (χ0v) is 16.0. The number of hydrogen-bond donors (Lipinski definition) is 0. The predicted molar refractivity (Wildman–Crippen MR) is 99.8 cm³/mol. The molecule has 148 valence electrons. The molecule has 1 aromatic heterocycles. The highest BCUT2D eigenvalue weighted by molar-refractivity contribution is 5.69. The number of cyclic esters (lactones) is 1. The van der Waals surface area contributed by atoms with Crippen molar-refractivity contribution in [2.24, 2.45) is 5.41 Å². The van der Waals surface area contributed by atoms with E-state index in [-0.39, 0.29) is 28.7 Å². The van der Waals surface area contributed by atoms with Gasteiger partial charge in [0.2, 0.25) is 0 Å². The molecule has 0 saturated carbocycles. The quantitative estimate of drug-likeness (QED) is 0.767. The Morgan fingerprint density at radius 1 is 1.25 bits per heavy atom. The van der Waals surface area contributed by atoms with Gasteiger partial charge in [0.1, 0.15) is 18.2 Å². The Kier molecular flexibility index (Phi) is 4.77. The van der Waals surface area contributed by atoms with Crippen LogP contribution in [0, 0.1) is 17.0 Å². The number of carbonyl (C=O) groups excluding carboxylic acids is 1. The minimum Gasteiger partial charge on any atom is -0.448 e. The second kappa shape index (κ2) is 7.11. The molecule has 0 radical (unpaired) electrons. The monoisotopic (exact) mass is 387 g/mol. The van der Waals surface area contributed by atoms with Gasteiger partial charge in [0.15, 0.2) is 0 Å². The van der Waals surface area contributed by atoms with E-state index in [4.69, 9.17) is 4.74 Å². The smallest absolute Gasteiger partial charge is 0.409 e. The largest absolute Gasteiger partial charge is 0.448 e. The normalized spacial score (nSPS) is 20.4. The zero-order chi connectivity index (χ0) is 19.9. The number of aromatic nitrogens is 2. The van der Waals surface area contributed by atoms with Gasteiger partial charge in [-0.15, -0.1) is 0 Å². The van der Waals surface area contributed by atoms with Crippen molar-refractivity contribution >= 4 is 6.09 Å². The fraction of sp³-hybridized carbons (Fsp3) is 0.476. The number of halogens is 2. The molecule has 1 fully saturated rings. The molecule has 1 saturated heterocycles. The van der Waals surface area contributed by atoms with Crippen molar-refractivity contribution in [1.82, 2.24) is 15.1 Å². The van der Waals surface area contributed by atoms with Gasteiger partial charge >= 0.3 is 6.09 Å². The number of hydrogen-bond acceptors (Lipinski definition) is 4. The number of carbonyl (C=O) groups is 1. The van der Waals surface area contributed by atoms with Crippen LogP contribution in [0.2, 0.25) is 0 Å². The summed E-state index contributed by atoms with van der Waals surface area (Å²) in [6, 6.07) is 5.57. The van der Waals surface area contributed by atoms with Gasteiger partial charge < -0.3 is 9.64 Å². The van der Waals surface area contributed by atoms with Gasteiger partial charge in [0, 0.05) is 6.54 Å². The summed E-state index contributed by atoms with van der Waals surface area (Å²) in [5.41, 5.74) is 1.94. The molecular weight excluding hydrogens is 364 g/mol. The maximum atomic E-state index is 14.2. The maximum absolute atomic E-state index is 14.2. The molecule has 1 amide bonds. The first kappa shape index (κ1) is 18.8. The van der Waals surface area contributed by atoms with Crippen LogP contribution in [0.3, 0.4) is 0 Å². The minimum atomic E-state index is -0.643. The first-order valence-corrected chi connectivity index (χ1v) is 9.59. The highest BCUT2D eigenvalue weighted by atomic mass is 19.1. The standard InChI is InChI=1S/C21H23F2N3O2/c1-21(2)12-18-13(14(21)5-4-8-26-9-10-28-20(26)27)11-17(24-25-18)19-15(22)6-3-7-16(19)23/h3,6-7,11,14H,4-5,8-10,12H2,1-2H3/t14-/m1/s1. The van der Waals surface area contributed by atoms with E-state index in [1.807, 2.05) is 0 Å². The van der Waals surface area contributed by atoms with Crippen molar-refractivity contribution in [3.63, 3.8) is 0 Å². The fourth-order valence-electron chi connectivity index (χ4n) is 4.37. The topological polar surface area (TPSA) is 55.3 Å². The van der Waals surface area contributed by atoms with Crippen molar-refractivity contribution in [3.8, 4) is 11.3 Å². The van der Waals surface area contributed by atoms with Crippen LogP contribution in [-0.4, -0.2) is 40.9 Å². The van der Waals surface area contributed by atoms with Gasteiger partial charge in [-0.1, -0.05) is 19.9 Å². The summed E-state index contributed by atoms with van der Waals surface area (Å²) in [6.45, 7) is 6.07. The van der Waals surface area contributed by atoms with E-state index in [0.717, 1.165) is 30.5 Å². The van der Waals surface area contributed by atoms with Gasteiger partial charge in [0.25, 0.3) is 0 Å². The minimum absolute atomic E-state index is 0.0328. The average molecular weight is 387 g/mol. The number of benzene rings is 1. The van der Waals surface area contributed by atoms with Crippen molar-refractivity contribution in [1.29, 1.82) is 0 Å². The third-order valence-electron chi connectivity index (χ3n) is 5.83. The second-order valence-electron chi connectivity index (χ2n) is 8.19. The van der Waals surface area contributed by atoms with Gasteiger partial charge in [-0.05, 0) is 54.4 Å². The van der Waals surface area contributed by atoms with E-state index in [1.165, 1.54) is 18.2 Å². The molecule has 2 heterocycles. The lowest BCUT2D eigenvalue weighted by molar-refractivity contribution is 0.157. The first-order chi connectivity index (χ1) is 13.4. The Bertz CT molecular complexity index is 896. The van der Waals surface area contributed by atoms with E-state index in [9.17, 15) is 13.6 Å². The molecule has 2 aliphatic rings. The fourth-order valence-corrected chi connectivity index (χ4v) is 4.37. The summed E-state index contributed by atoms with van der Waals surface area (Å²) in [5.74, 6) is -1.10. The Labute approximate surface area is 162 Å². The van der Waals surface area contributed by atoms with Crippen molar-refractivity contribution in [2.45, 2.75) is 39.0 Å². The number of fused-ring (bicyclic) bond motifs is 1. The van der Waals surface area contributed by atoms with Crippen molar-refractivity contribution in [3.05, 3.63) is 47.2 Å². The van der Waals surface area contributed by atoms with Crippen LogP contribution >= 0.6 is 0 Å². The van der Waals surface area contributed by atoms with Crippen molar-refractivity contribution in [2.75, 3.05) is 19.7 Å². The zero-order valence-electron chi connectivity index (χ0n) is 16.0. The molecule has 7 heteroatoms. The van der Waals surface area contributed by atoms with Crippen LogP contribution in [0.4, 0.5) is 13.6 Å². The third-order valence-corrected chi connectivity index (χ3v) is 5.83. The third kappa shape index (κ3) is 3.34. The number of nitrogens with zero attached hydrogens (tertiary/aromatic N) is 3. The van der Waals surface area contributed by atoms with Crippen LogP contribution in [0.15, 0.2) is 24.3 Å². The van der Waals surface area contributed by atoms with E-state index >= 15 is 0 Å². The molecule has 0 spiro atoms. The molecule has 1 aliphatic heterocycles. The van der Waals surface area contributed by atoms with E-state index in [2.05, 4.69) is 24.0 Å². The molecule has 2 aromatic rings. The number of amides is 1. The molecule has 4 rings (SSSR count). The summed E-state index contributed by atoms with van der Waals surface area (Å²) in [5, 5.41) is 8.39. The van der Waals surface area contributed by atoms with E-state index in [1.54, 1.807) is 11.0 Å². The molecule has 0 bridgehead atoms. The molecule has 1 atom stereocenters. The highest BCUT2D eigenvalue weighted by Gasteiger charge is 2.40. The van der Waals surface area contributed by atoms with Gasteiger partial charge in [-0.2, -0.15) is 10.2 Å². The molecule has 1 aliphatic carbocycles. The average Bonchev–Trinajstić information content (AvgIpc) is 3.15. The first-order valence-electron chi connectivity index (χ1n) is 9.59. The molecule has 0 N–H and O–H groups in total. The van der Waals surface area contributed by atoms with E-state index in [0.29, 0.717) is 19.7 Å². The van der Waals surface area contributed by atoms with Gasteiger partial charge in [-0.3, -0.25) is 0 Å². The second-order valence-corrected chi connectivity index (χ2v) is 8.19. The summed E-state index contributed by atoms with van der Waals surface area (Å²) in [7, 11) is 0. The lowest BCUT2D eigenvalue weighted by Gasteiger charge is -2.28. The number of rotatable bonds is 5. The summed E-state index contributed by atoms with van der Waals surface area (Å²) in [4.78, 5) is 13.3. The summed E-state index contributed by atoms with van der Waals surface area (Å²) >= 11 is 0. The highest BCUT2D eigenvalue weighted by Crippen LogP contribution is 2.49. The van der Waals surface area contributed by atoms with Crippen LogP contribution < -0.4 is 0 Å². The SMILES string of the molecule is CC1(C)Cc2nnc(-c3c(F)cccc3F)cc2[C@H]1CCCN1CCOC1=O. The lowest BCUT2D eigenvalue weighted by atomic mass is 9.77. The van der Waals surface area contributed by atoms with Crippen LogP contribution in [0.1, 0.15) is 43.9 Å². The molecule has 1 aromatic carbocycles. The molecule has 5 nitrogen and oxygen atoms in total. The maximum Gasteiger partial charge on any atom is 0.409 e. The van der Waals surface area contributed by atoms with Crippen LogP contribution in [0.25, 0.3) is 11.3 Å². The number of ether oxygens (including phenoxy) is 1. The Morgan fingerprint density at radius 3 is 2.68 bits per heavy atom. The lowest BCUT2D eigenvalue weighted by Crippen LogP contribution is -2.26. The predicted octanol–water partition coefficient (Wildman–Crippen LogP) is 4.32. The Morgan fingerprint density at radius 2 is 2.00 bits per heavy atom. The molecular formula is C21H23F2N3O2. The Balaban J connectivity index is 1.58. The summed E-state index contributed by atoms with van der Waals surface area (Å²) in [6.07, 6.45) is 2.20. The van der Waals surface area contributed by atoms with Crippen LogP contribution in [-0.2, 0) is 11.2 Å². The Hall–Kier alpha value is -2.57. The molecule has 28 heavy (non-hydrogen) atoms. The van der Waals surface area contributed by atoms with Gasteiger partial charge in [0.05, 0.1) is 23.5 Å². The van der Waals surface area contributed by atoms with Crippen LogP contribution in [0.5, 0.6) is 0 Å². The summed E-state index contributed by atoms with van der Waals surface area (Å²) < 4.78 is 33.4.